The summed E-state index contributed by atoms with van der Waals surface area (Å²) in [6.45, 7) is 0.286. The highest BCUT2D eigenvalue weighted by molar-refractivity contribution is 5.77. The molecule has 0 unspecified atom stereocenters. The van der Waals surface area contributed by atoms with Crippen LogP contribution >= 0.6 is 0 Å². The van der Waals surface area contributed by atoms with E-state index in [0.717, 1.165) is 11.1 Å². The van der Waals surface area contributed by atoms with Gasteiger partial charge in [-0.25, -0.2) is 0 Å². The Bertz CT molecular complexity index is 886. The predicted octanol–water partition coefficient (Wildman–Crippen LogP) is 2.28. The van der Waals surface area contributed by atoms with Crippen molar-refractivity contribution < 1.29 is 19.1 Å². The van der Waals surface area contributed by atoms with E-state index in [1.54, 1.807) is 38.4 Å². The van der Waals surface area contributed by atoms with Gasteiger partial charge in [0.05, 0.1) is 18.7 Å². The third kappa shape index (κ3) is 6.85. The van der Waals surface area contributed by atoms with Crippen molar-refractivity contribution in [2.45, 2.75) is 19.4 Å². The Hall–Kier alpha value is -3.53. The van der Waals surface area contributed by atoms with Gasteiger partial charge in [0, 0.05) is 27.1 Å². The largest absolute Gasteiger partial charge is 0.493 e. The van der Waals surface area contributed by atoms with Gasteiger partial charge >= 0.3 is 0 Å². The Kier molecular flexibility index (Phi) is 8.04. The molecule has 2 rings (SSSR count). The van der Waals surface area contributed by atoms with E-state index in [1.807, 2.05) is 18.2 Å². The average molecular weight is 395 g/mol. The number of carbonyl (C=O) groups is 2. The third-order valence-corrected chi connectivity index (χ3v) is 4.29. The molecule has 29 heavy (non-hydrogen) atoms. The van der Waals surface area contributed by atoms with Crippen molar-refractivity contribution in [1.29, 1.82) is 5.26 Å². The normalized spacial score (nSPS) is 10.0. The van der Waals surface area contributed by atoms with E-state index in [4.69, 9.17) is 14.7 Å². The summed E-state index contributed by atoms with van der Waals surface area (Å²) in [5, 5.41) is 11.7. The Labute approximate surface area is 170 Å². The second kappa shape index (κ2) is 10.7. The second-order valence-electron chi connectivity index (χ2n) is 6.65. The fourth-order valence-corrected chi connectivity index (χ4v) is 2.50. The van der Waals surface area contributed by atoms with Crippen molar-refractivity contribution in [3.05, 3.63) is 59.2 Å². The van der Waals surface area contributed by atoms with Gasteiger partial charge in [-0.2, -0.15) is 5.26 Å². The number of hydrogen-bond acceptors (Lipinski definition) is 5. The molecule has 0 spiro atoms. The van der Waals surface area contributed by atoms with Gasteiger partial charge in [0.2, 0.25) is 5.91 Å². The van der Waals surface area contributed by atoms with Gasteiger partial charge in [-0.3, -0.25) is 9.59 Å². The van der Waals surface area contributed by atoms with E-state index in [0.29, 0.717) is 36.4 Å². The number of rotatable bonds is 9. The Morgan fingerprint density at radius 2 is 1.76 bits per heavy atom. The molecule has 0 bridgehead atoms. The molecule has 1 N–H and O–H groups in total. The smallest absolute Gasteiger partial charge is 0.259 e. The van der Waals surface area contributed by atoms with Gasteiger partial charge in [0.15, 0.2) is 18.1 Å². The highest BCUT2D eigenvalue weighted by Gasteiger charge is 2.10. The zero-order chi connectivity index (χ0) is 21.2. The highest BCUT2D eigenvalue weighted by atomic mass is 16.5. The van der Waals surface area contributed by atoms with Crippen LogP contribution in [0.5, 0.6) is 11.5 Å². The maximum absolute atomic E-state index is 12.1. The molecule has 0 saturated heterocycles. The molecule has 152 valence electrons. The van der Waals surface area contributed by atoms with Crippen LogP contribution in [0, 0.1) is 11.3 Å². The first-order valence-electron chi connectivity index (χ1n) is 9.18. The van der Waals surface area contributed by atoms with Gasteiger partial charge in [0.1, 0.15) is 0 Å². The first-order valence-corrected chi connectivity index (χ1v) is 9.18. The molecular formula is C22H25N3O4. The zero-order valence-corrected chi connectivity index (χ0v) is 16.9. The van der Waals surface area contributed by atoms with E-state index in [9.17, 15) is 9.59 Å². The first-order chi connectivity index (χ1) is 13.9. The van der Waals surface area contributed by atoms with Gasteiger partial charge < -0.3 is 19.7 Å². The van der Waals surface area contributed by atoms with Crippen molar-refractivity contribution in [3.8, 4) is 17.6 Å². The molecule has 2 aromatic rings. The van der Waals surface area contributed by atoms with Crippen LogP contribution < -0.4 is 14.8 Å². The van der Waals surface area contributed by atoms with Crippen LogP contribution in [0.4, 0.5) is 0 Å². The SMILES string of the molecule is COc1cc(CNC(=O)CCc2ccc(C#N)cc2)ccc1OCC(=O)N(C)C. The van der Waals surface area contributed by atoms with Crippen molar-refractivity contribution in [2.24, 2.45) is 0 Å². The standard InChI is InChI=1S/C22H25N3O4/c1-25(2)22(27)15-29-19-10-8-18(12-20(19)28-3)14-24-21(26)11-9-16-4-6-17(13-23)7-5-16/h4-8,10,12H,9,11,14-15H2,1-3H3,(H,24,26). The summed E-state index contributed by atoms with van der Waals surface area (Å²) in [6.07, 6.45) is 0.963. The first kappa shape index (κ1) is 21.8. The lowest BCUT2D eigenvalue weighted by atomic mass is 10.1. The Morgan fingerprint density at radius 3 is 2.38 bits per heavy atom. The molecule has 2 aromatic carbocycles. The van der Waals surface area contributed by atoms with Crippen LogP contribution in [-0.4, -0.2) is 44.5 Å². The number of likely N-dealkylation sites (N-methyl/N-ethyl adjacent to an activating group) is 1. The van der Waals surface area contributed by atoms with Gasteiger partial charge in [0.25, 0.3) is 5.91 Å². The maximum Gasteiger partial charge on any atom is 0.259 e. The predicted molar refractivity (Wildman–Crippen MR) is 109 cm³/mol. The lowest BCUT2D eigenvalue weighted by Crippen LogP contribution is -2.27. The van der Waals surface area contributed by atoms with E-state index in [2.05, 4.69) is 11.4 Å². The van der Waals surface area contributed by atoms with E-state index >= 15 is 0 Å². The third-order valence-electron chi connectivity index (χ3n) is 4.29. The zero-order valence-electron chi connectivity index (χ0n) is 16.9. The quantitative estimate of drug-likeness (QED) is 0.703. The molecule has 0 fully saturated rings. The fraction of sp³-hybridized carbons (Fsp3) is 0.318. The molecule has 2 amide bonds. The van der Waals surface area contributed by atoms with Crippen LogP contribution in [0.25, 0.3) is 0 Å². The Balaban J connectivity index is 1.85. The minimum Gasteiger partial charge on any atom is -0.493 e. The number of nitriles is 1. The molecule has 0 aromatic heterocycles. The Morgan fingerprint density at radius 1 is 1.07 bits per heavy atom. The number of hydrogen-bond donors (Lipinski definition) is 1. The number of benzene rings is 2. The fourth-order valence-electron chi connectivity index (χ4n) is 2.50. The van der Waals surface area contributed by atoms with Crippen LogP contribution in [0.2, 0.25) is 0 Å². The summed E-state index contributed by atoms with van der Waals surface area (Å²) >= 11 is 0. The molecule has 0 aliphatic carbocycles. The monoisotopic (exact) mass is 395 g/mol. The van der Waals surface area contributed by atoms with Crippen molar-refractivity contribution in [1.82, 2.24) is 10.2 Å². The highest BCUT2D eigenvalue weighted by Crippen LogP contribution is 2.28. The topological polar surface area (TPSA) is 91.7 Å². The molecule has 0 aliphatic heterocycles. The summed E-state index contributed by atoms with van der Waals surface area (Å²) in [6, 6.07) is 14.6. The van der Waals surface area contributed by atoms with Gasteiger partial charge in [-0.05, 0) is 41.8 Å². The van der Waals surface area contributed by atoms with Gasteiger partial charge in [-0.1, -0.05) is 18.2 Å². The number of methoxy groups -OCH3 is 1. The van der Waals surface area contributed by atoms with Crippen LogP contribution in [0.1, 0.15) is 23.1 Å². The van der Waals surface area contributed by atoms with E-state index in [-0.39, 0.29) is 18.4 Å². The van der Waals surface area contributed by atoms with Crippen molar-refractivity contribution >= 4 is 11.8 Å². The molecule has 7 nitrogen and oxygen atoms in total. The summed E-state index contributed by atoms with van der Waals surface area (Å²) in [4.78, 5) is 25.2. The average Bonchev–Trinajstić information content (AvgIpc) is 2.74. The molecule has 0 aliphatic rings. The van der Waals surface area contributed by atoms with E-state index in [1.165, 1.54) is 12.0 Å². The number of amides is 2. The van der Waals surface area contributed by atoms with Crippen LogP contribution in [-0.2, 0) is 22.6 Å². The minimum absolute atomic E-state index is 0.0646. The molecular weight excluding hydrogens is 370 g/mol. The van der Waals surface area contributed by atoms with Gasteiger partial charge in [-0.15, -0.1) is 0 Å². The minimum atomic E-state index is -0.148. The van der Waals surface area contributed by atoms with E-state index < -0.39 is 0 Å². The molecule has 0 radical (unpaired) electrons. The van der Waals surface area contributed by atoms with Crippen LogP contribution in [0.3, 0.4) is 0 Å². The second-order valence-corrected chi connectivity index (χ2v) is 6.65. The number of carbonyl (C=O) groups excluding carboxylic acids is 2. The summed E-state index contributed by atoms with van der Waals surface area (Å²) in [7, 11) is 4.85. The lowest BCUT2D eigenvalue weighted by molar-refractivity contribution is -0.130. The molecule has 0 atom stereocenters. The maximum atomic E-state index is 12.1. The number of aryl methyl sites for hydroxylation is 1. The number of nitrogens with zero attached hydrogens (tertiary/aromatic N) is 2. The van der Waals surface area contributed by atoms with Crippen LogP contribution in [0.15, 0.2) is 42.5 Å². The van der Waals surface area contributed by atoms with Crippen molar-refractivity contribution in [3.63, 3.8) is 0 Å². The summed E-state index contributed by atoms with van der Waals surface area (Å²) < 4.78 is 10.8. The number of ether oxygens (including phenoxy) is 2. The lowest BCUT2D eigenvalue weighted by Gasteiger charge is -2.14. The summed E-state index contributed by atoms with van der Waals surface area (Å²) in [5.74, 6) is 0.760. The van der Waals surface area contributed by atoms with Crippen molar-refractivity contribution in [2.75, 3.05) is 27.8 Å². The molecule has 0 heterocycles. The number of nitrogens with one attached hydrogen (secondary N) is 1. The molecule has 7 heteroatoms. The summed E-state index contributed by atoms with van der Waals surface area (Å²) in [5.41, 5.74) is 2.47. The molecule has 0 saturated carbocycles.